The second-order valence-electron chi connectivity index (χ2n) is 8.02. The van der Waals surface area contributed by atoms with Gasteiger partial charge in [-0.15, -0.1) is 11.3 Å². The number of aliphatic hydroxyl groups excluding tert-OH is 1. The van der Waals surface area contributed by atoms with E-state index >= 15 is 0 Å². The van der Waals surface area contributed by atoms with Gasteiger partial charge in [0.05, 0.1) is 43.1 Å². The van der Waals surface area contributed by atoms with Crippen molar-refractivity contribution in [3.05, 3.63) is 64.7 Å². The summed E-state index contributed by atoms with van der Waals surface area (Å²) in [6, 6.07) is 12.9. The predicted molar refractivity (Wildman–Crippen MR) is 111 cm³/mol. The van der Waals surface area contributed by atoms with Crippen LogP contribution < -0.4 is 0 Å². The van der Waals surface area contributed by atoms with Gasteiger partial charge >= 0.3 is 0 Å². The van der Waals surface area contributed by atoms with Gasteiger partial charge in [-0.2, -0.15) is 0 Å². The fourth-order valence-corrected chi connectivity index (χ4v) is 5.45. The molecule has 5 rings (SSSR count). The molecule has 1 N–H and O–H groups in total. The van der Waals surface area contributed by atoms with Crippen LogP contribution in [0.25, 0.3) is 11.3 Å². The molecule has 1 saturated carbocycles. The third kappa shape index (κ3) is 3.43. The second-order valence-corrected chi connectivity index (χ2v) is 9.05. The lowest BCUT2D eigenvalue weighted by Gasteiger charge is -2.32. The van der Waals surface area contributed by atoms with Gasteiger partial charge in [-0.3, -0.25) is 0 Å². The zero-order valence-electron chi connectivity index (χ0n) is 15.9. The Balaban J connectivity index is 1.19. The minimum Gasteiger partial charge on any atom is -0.393 e. The predicted octanol–water partition coefficient (Wildman–Crippen LogP) is 5.04. The van der Waals surface area contributed by atoms with Gasteiger partial charge in [-0.1, -0.05) is 30.3 Å². The van der Waals surface area contributed by atoms with Gasteiger partial charge in [0, 0.05) is 10.4 Å². The molecule has 3 aromatic rings. The van der Waals surface area contributed by atoms with E-state index in [-0.39, 0.29) is 12.1 Å². The first-order valence-electron chi connectivity index (χ1n) is 10.2. The van der Waals surface area contributed by atoms with Crippen molar-refractivity contribution in [1.29, 1.82) is 0 Å². The van der Waals surface area contributed by atoms with E-state index in [1.807, 2.05) is 12.5 Å². The number of nitrogens with zero attached hydrogens (tertiary/aromatic N) is 2. The molecular weight excluding hydrogens is 368 g/mol. The molecule has 146 valence electrons. The Morgan fingerprint density at radius 3 is 2.82 bits per heavy atom. The van der Waals surface area contributed by atoms with Gasteiger partial charge in [-0.05, 0) is 55.0 Å². The van der Waals surface area contributed by atoms with Gasteiger partial charge in [-0.25, -0.2) is 4.98 Å². The van der Waals surface area contributed by atoms with E-state index in [1.54, 1.807) is 11.3 Å². The highest BCUT2D eigenvalue weighted by atomic mass is 32.1. The number of imidazole rings is 1. The highest BCUT2D eigenvalue weighted by molar-refractivity contribution is 7.09. The molecule has 0 bridgehead atoms. The number of fused-ring (bicyclic) bond motifs is 3. The highest BCUT2D eigenvalue weighted by Crippen LogP contribution is 2.42. The summed E-state index contributed by atoms with van der Waals surface area (Å²) < 4.78 is 8.31. The molecule has 2 unspecified atom stereocenters. The fourth-order valence-electron chi connectivity index (χ4n) is 4.83. The number of rotatable bonds is 6. The summed E-state index contributed by atoms with van der Waals surface area (Å²) >= 11 is 1.75. The average Bonchev–Trinajstić information content (AvgIpc) is 3.46. The van der Waals surface area contributed by atoms with Crippen LogP contribution in [0.1, 0.15) is 48.6 Å². The molecule has 1 aliphatic carbocycles. The molecule has 0 amide bonds. The minimum atomic E-state index is -0.287. The molecule has 1 aromatic carbocycles. The van der Waals surface area contributed by atoms with Crippen LogP contribution in [-0.4, -0.2) is 26.9 Å². The molecule has 2 aromatic heterocycles. The Morgan fingerprint density at radius 1 is 1.14 bits per heavy atom. The first kappa shape index (κ1) is 18.1. The molecule has 0 radical (unpaired) electrons. The van der Waals surface area contributed by atoms with Crippen molar-refractivity contribution in [3.8, 4) is 11.3 Å². The Kier molecular flexibility index (Phi) is 5.05. The van der Waals surface area contributed by atoms with Gasteiger partial charge in [0.15, 0.2) is 0 Å². The fraction of sp³-hybridized carbons (Fsp3) is 0.435. The Bertz CT molecular complexity index is 912. The lowest BCUT2D eigenvalue weighted by atomic mass is 9.81. The summed E-state index contributed by atoms with van der Waals surface area (Å²) in [7, 11) is 0. The van der Waals surface area contributed by atoms with E-state index in [9.17, 15) is 5.11 Å². The summed E-state index contributed by atoms with van der Waals surface area (Å²) in [5.74, 6) is 0.362. The van der Waals surface area contributed by atoms with Crippen LogP contribution in [0.5, 0.6) is 0 Å². The third-order valence-electron chi connectivity index (χ3n) is 6.37. The van der Waals surface area contributed by atoms with Crippen LogP contribution >= 0.6 is 11.3 Å². The molecule has 0 saturated heterocycles. The summed E-state index contributed by atoms with van der Waals surface area (Å²) in [4.78, 5) is 5.62. The monoisotopic (exact) mass is 394 g/mol. The molecule has 1 fully saturated rings. The van der Waals surface area contributed by atoms with E-state index < -0.39 is 0 Å². The smallest absolute Gasteiger partial charge is 0.0956 e. The number of aliphatic hydroxyl groups is 1. The molecule has 4 nitrogen and oxygen atoms in total. The molecule has 2 atom stereocenters. The number of benzene rings is 1. The zero-order chi connectivity index (χ0) is 18.9. The van der Waals surface area contributed by atoms with Crippen LogP contribution in [0.15, 0.2) is 54.3 Å². The molecule has 2 aliphatic rings. The SMILES string of the molecule is OC(CC1c2ccccc2-c2cncn21)[C@H]1CC[C@H](OCc2cccs2)CC1. The second kappa shape index (κ2) is 7.82. The lowest BCUT2D eigenvalue weighted by Crippen LogP contribution is -2.30. The van der Waals surface area contributed by atoms with Crippen molar-refractivity contribution in [3.63, 3.8) is 0 Å². The van der Waals surface area contributed by atoms with Crippen molar-refractivity contribution in [2.24, 2.45) is 5.92 Å². The Morgan fingerprint density at radius 2 is 2.00 bits per heavy atom. The first-order chi connectivity index (χ1) is 13.8. The maximum atomic E-state index is 11.0. The number of hydrogen-bond acceptors (Lipinski definition) is 4. The van der Waals surface area contributed by atoms with E-state index in [2.05, 4.69) is 51.3 Å². The summed E-state index contributed by atoms with van der Waals surface area (Å²) in [6.07, 6.45) is 8.82. The van der Waals surface area contributed by atoms with Gasteiger partial charge < -0.3 is 14.4 Å². The molecule has 5 heteroatoms. The van der Waals surface area contributed by atoms with Crippen LogP contribution in [0.2, 0.25) is 0 Å². The van der Waals surface area contributed by atoms with Crippen molar-refractivity contribution in [2.75, 3.05) is 0 Å². The van der Waals surface area contributed by atoms with Crippen molar-refractivity contribution in [1.82, 2.24) is 9.55 Å². The van der Waals surface area contributed by atoms with E-state index in [1.165, 1.54) is 21.7 Å². The topological polar surface area (TPSA) is 47.3 Å². The van der Waals surface area contributed by atoms with Gasteiger partial charge in [0.2, 0.25) is 0 Å². The largest absolute Gasteiger partial charge is 0.393 e. The first-order valence-corrected chi connectivity index (χ1v) is 11.1. The molecule has 3 heterocycles. The lowest BCUT2D eigenvalue weighted by molar-refractivity contribution is -0.0151. The van der Waals surface area contributed by atoms with Crippen LogP contribution in [-0.2, 0) is 11.3 Å². The Labute approximate surface area is 169 Å². The number of thiophene rings is 1. The molecule has 1 aliphatic heterocycles. The molecule has 0 spiro atoms. The summed E-state index contributed by atoms with van der Waals surface area (Å²) in [5, 5.41) is 13.1. The summed E-state index contributed by atoms with van der Waals surface area (Å²) in [5.41, 5.74) is 3.73. The summed E-state index contributed by atoms with van der Waals surface area (Å²) in [6.45, 7) is 0.720. The minimum absolute atomic E-state index is 0.191. The maximum absolute atomic E-state index is 11.0. The van der Waals surface area contributed by atoms with Crippen molar-refractivity contribution >= 4 is 11.3 Å². The molecule has 28 heavy (non-hydrogen) atoms. The third-order valence-corrected chi connectivity index (χ3v) is 7.22. The van der Waals surface area contributed by atoms with Crippen LogP contribution in [0, 0.1) is 5.92 Å². The van der Waals surface area contributed by atoms with E-state index in [0.717, 1.165) is 38.7 Å². The highest BCUT2D eigenvalue weighted by Gasteiger charge is 2.33. The number of aromatic nitrogens is 2. The van der Waals surface area contributed by atoms with Gasteiger partial charge in [0.25, 0.3) is 0 Å². The normalized spacial score (nSPS) is 24.7. The maximum Gasteiger partial charge on any atom is 0.0956 e. The zero-order valence-corrected chi connectivity index (χ0v) is 16.7. The van der Waals surface area contributed by atoms with Gasteiger partial charge in [0.1, 0.15) is 0 Å². The van der Waals surface area contributed by atoms with Crippen molar-refractivity contribution < 1.29 is 9.84 Å². The van der Waals surface area contributed by atoms with Crippen molar-refractivity contribution in [2.45, 2.75) is 57.0 Å². The van der Waals surface area contributed by atoms with E-state index in [4.69, 9.17) is 4.74 Å². The van der Waals surface area contributed by atoms with Crippen LogP contribution in [0.3, 0.4) is 0 Å². The van der Waals surface area contributed by atoms with Crippen LogP contribution in [0.4, 0.5) is 0 Å². The quantitative estimate of drug-likeness (QED) is 0.637. The number of hydrogen-bond donors (Lipinski definition) is 1. The van der Waals surface area contributed by atoms with E-state index in [0.29, 0.717) is 12.0 Å². The molecular formula is C23H26N2O2S. The number of ether oxygens (including phenoxy) is 1. The standard InChI is InChI=1S/C23H26N2O2S/c26-23(16-7-9-17(10-8-16)27-14-18-4-3-11-28-18)12-21-19-5-1-2-6-20(19)22-13-24-15-25(21)22/h1-6,11,13,15-17,21,23,26H,7-10,12,14H2/t16-,17-,21?,23?. The Hall–Kier alpha value is -1.95. The average molecular weight is 395 g/mol.